The molecule has 29 heavy (non-hydrogen) atoms. The van der Waals surface area contributed by atoms with Crippen LogP contribution in [0.4, 0.5) is 11.4 Å². The Morgan fingerprint density at radius 3 is 2.52 bits per heavy atom. The number of carbonyl (C=O) groups excluding carboxylic acids is 1. The highest BCUT2D eigenvalue weighted by Gasteiger charge is 2.36. The highest BCUT2D eigenvalue weighted by molar-refractivity contribution is 7.92. The molecule has 0 saturated heterocycles. The van der Waals surface area contributed by atoms with Crippen molar-refractivity contribution >= 4 is 38.9 Å². The fourth-order valence-electron chi connectivity index (χ4n) is 3.47. The largest absolute Gasteiger partial charge is 0.495 e. The van der Waals surface area contributed by atoms with Gasteiger partial charge in [0.2, 0.25) is 5.91 Å². The van der Waals surface area contributed by atoms with E-state index >= 15 is 0 Å². The molecule has 1 saturated carbocycles. The molecule has 4 rings (SSSR count). The third-order valence-electron chi connectivity index (χ3n) is 5.17. The Hall–Kier alpha value is -2.45. The molecular weight excluding hydrogens is 416 g/mol. The Morgan fingerprint density at radius 2 is 1.86 bits per heavy atom. The molecule has 2 aromatic rings. The maximum atomic E-state index is 13.0. The number of nitrogens with one attached hydrogen (secondary N) is 1. The summed E-state index contributed by atoms with van der Waals surface area (Å²) in [6, 6.07) is 7.80. The van der Waals surface area contributed by atoms with Crippen LogP contribution in [0, 0.1) is 5.92 Å². The molecule has 154 valence electrons. The van der Waals surface area contributed by atoms with Gasteiger partial charge >= 0.3 is 0 Å². The van der Waals surface area contributed by atoms with Gasteiger partial charge in [0, 0.05) is 30.3 Å². The first-order valence-corrected chi connectivity index (χ1v) is 11.1. The maximum Gasteiger partial charge on any atom is 0.262 e. The predicted molar refractivity (Wildman–Crippen MR) is 111 cm³/mol. The molecule has 1 N–H and O–H groups in total. The average molecular weight is 437 g/mol. The molecule has 9 heteroatoms. The summed E-state index contributed by atoms with van der Waals surface area (Å²) >= 11 is 6.08. The number of carbonyl (C=O) groups is 1. The molecule has 1 aliphatic carbocycles. The molecule has 2 aromatic carbocycles. The van der Waals surface area contributed by atoms with Gasteiger partial charge in [0.15, 0.2) is 0 Å². The van der Waals surface area contributed by atoms with Crippen LogP contribution >= 0.6 is 11.6 Å². The molecule has 1 heterocycles. The van der Waals surface area contributed by atoms with Crippen molar-refractivity contribution in [1.29, 1.82) is 0 Å². The fourth-order valence-corrected chi connectivity index (χ4v) is 4.81. The number of anilines is 2. The lowest BCUT2D eigenvalue weighted by molar-refractivity contribution is -0.119. The van der Waals surface area contributed by atoms with Gasteiger partial charge < -0.3 is 14.4 Å². The summed E-state index contributed by atoms with van der Waals surface area (Å²) in [6.07, 6.45) is 2.51. The highest BCUT2D eigenvalue weighted by Crippen LogP contribution is 2.39. The molecule has 0 radical (unpaired) electrons. The van der Waals surface area contributed by atoms with Crippen molar-refractivity contribution in [3.8, 4) is 11.5 Å². The zero-order valence-corrected chi connectivity index (χ0v) is 17.6. The number of ether oxygens (including phenoxy) is 2. The summed E-state index contributed by atoms with van der Waals surface area (Å²) in [5.74, 6) is 0.865. The Labute approximate surface area is 174 Å². The standard InChI is InChI=1S/C20H21ClN2O5S/c1-27-18-11-16(19(28-2)10-15(18)21)22-29(25,26)14-5-6-17-13(9-14)7-8-23(17)20(24)12-3-4-12/h5-6,9-12,22H,3-4,7-8H2,1-2H3. The van der Waals surface area contributed by atoms with E-state index in [0.717, 1.165) is 24.1 Å². The number of halogens is 1. The maximum absolute atomic E-state index is 13.0. The van der Waals surface area contributed by atoms with Gasteiger partial charge in [-0.15, -0.1) is 0 Å². The number of hydrogen-bond acceptors (Lipinski definition) is 5. The number of sulfonamides is 1. The first-order valence-electron chi connectivity index (χ1n) is 9.22. The fraction of sp³-hybridized carbons (Fsp3) is 0.350. The number of amides is 1. The van der Waals surface area contributed by atoms with Crippen LogP contribution in [0.15, 0.2) is 35.2 Å². The second kappa shape index (κ2) is 7.42. The van der Waals surface area contributed by atoms with Crippen molar-refractivity contribution in [3.63, 3.8) is 0 Å². The van der Waals surface area contributed by atoms with Crippen LogP contribution in [0.5, 0.6) is 11.5 Å². The topological polar surface area (TPSA) is 84.9 Å². The van der Waals surface area contributed by atoms with Crippen LogP contribution in [0.3, 0.4) is 0 Å². The minimum Gasteiger partial charge on any atom is -0.495 e. The molecule has 0 bridgehead atoms. The van der Waals surface area contributed by atoms with E-state index in [1.54, 1.807) is 17.0 Å². The number of fused-ring (bicyclic) bond motifs is 1. The average Bonchev–Trinajstić information content (AvgIpc) is 3.47. The van der Waals surface area contributed by atoms with Crippen molar-refractivity contribution in [2.75, 3.05) is 30.4 Å². The Morgan fingerprint density at radius 1 is 1.14 bits per heavy atom. The molecule has 0 unspecified atom stereocenters. The first kappa shape index (κ1) is 19.8. The van der Waals surface area contributed by atoms with Crippen LogP contribution in [0.1, 0.15) is 18.4 Å². The van der Waals surface area contributed by atoms with Crippen molar-refractivity contribution in [2.45, 2.75) is 24.2 Å². The zero-order chi connectivity index (χ0) is 20.8. The molecule has 0 aromatic heterocycles. The first-order chi connectivity index (χ1) is 13.8. The van der Waals surface area contributed by atoms with E-state index < -0.39 is 10.0 Å². The van der Waals surface area contributed by atoms with Crippen LogP contribution in [0.2, 0.25) is 5.02 Å². The quantitative estimate of drug-likeness (QED) is 0.749. The van der Waals surface area contributed by atoms with E-state index in [9.17, 15) is 13.2 Å². The summed E-state index contributed by atoms with van der Waals surface area (Å²) in [4.78, 5) is 14.3. The second-order valence-electron chi connectivity index (χ2n) is 7.10. The van der Waals surface area contributed by atoms with Gasteiger partial charge in [0.05, 0.1) is 29.8 Å². The van der Waals surface area contributed by atoms with Crippen LogP contribution < -0.4 is 19.1 Å². The number of nitrogens with zero attached hydrogens (tertiary/aromatic N) is 1. The lowest BCUT2D eigenvalue weighted by atomic mass is 10.2. The molecule has 1 fully saturated rings. The van der Waals surface area contributed by atoms with E-state index in [1.165, 1.54) is 32.4 Å². The van der Waals surface area contributed by atoms with E-state index in [0.29, 0.717) is 23.7 Å². The zero-order valence-electron chi connectivity index (χ0n) is 16.1. The van der Waals surface area contributed by atoms with Gasteiger partial charge in [-0.05, 0) is 43.0 Å². The minimum absolute atomic E-state index is 0.118. The molecule has 2 aliphatic rings. The summed E-state index contributed by atoms with van der Waals surface area (Å²) in [7, 11) is -1.01. The normalized spacial score (nSPS) is 15.8. The Bertz CT molecular complexity index is 1080. The number of rotatable bonds is 6. The third kappa shape index (κ3) is 3.74. The monoisotopic (exact) mass is 436 g/mol. The number of benzene rings is 2. The molecule has 0 atom stereocenters. The van der Waals surface area contributed by atoms with Gasteiger partial charge in [-0.2, -0.15) is 0 Å². The van der Waals surface area contributed by atoms with Crippen molar-refractivity contribution in [3.05, 3.63) is 40.9 Å². The molecule has 1 amide bonds. The SMILES string of the molecule is COc1cc(NS(=O)(=O)c2ccc3c(c2)CCN3C(=O)C2CC2)c(OC)cc1Cl. The van der Waals surface area contributed by atoms with E-state index in [2.05, 4.69) is 4.72 Å². The second-order valence-corrected chi connectivity index (χ2v) is 9.19. The lowest BCUT2D eigenvalue weighted by Crippen LogP contribution is -2.30. The van der Waals surface area contributed by atoms with Gasteiger partial charge in [0.25, 0.3) is 10.0 Å². The van der Waals surface area contributed by atoms with Crippen molar-refractivity contribution in [1.82, 2.24) is 0 Å². The van der Waals surface area contributed by atoms with Crippen LogP contribution in [-0.4, -0.2) is 35.1 Å². The smallest absolute Gasteiger partial charge is 0.262 e. The van der Waals surface area contributed by atoms with Gasteiger partial charge in [-0.3, -0.25) is 9.52 Å². The molecule has 0 spiro atoms. The van der Waals surface area contributed by atoms with Gasteiger partial charge in [0.1, 0.15) is 11.5 Å². The van der Waals surface area contributed by atoms with E-state index in [4.69, 9.17) is 21.1 Å². The van der Waals surface area contributed by atoms with Crippen LogP contribution in [-0.2, 0) is 21.2 Å². The minimum atomic E-state index is -3.88. The third-order valence-corrected chi connectivity index (χ3v) is 6.83. The predicted octanol–water partition coefficient (Wildman–Crippen LogP) is 3.46. The van der Waals surface area contributed by atoms with E-state index in [1.807, 2.05) is 0 Å². The summed E-state index contributed by atoms with van der Waals surface area (Å²) < 4.78 is 38.9. The molecule has 7 nitrogen and oxygen atoms in total. The molecular formula is C20H21ClN2O5S. The van der Waals surface area contributed by atoms with Crippen molar-refractivity contribution in [2.24, 2.45) is 5.92 Å². The molecule has 1 aliphatic heterocycles. The van der Waals surface area contributed by atoms with Crippen LogP contribution in [0.25, 0.3) is 0 Å². The Balaban J connectivity index is 1.63. The van der Waals surface area contributed by atoms with Crippen molar-refractivity contribution < 1.29 is 22.7 Å². The number of hydrogen-bond donors (Lipinski definition) is 1. The number of methoxy groups -OCH3 is 2. The highest BCUT2D eigenvalue weighted by atomic mass is 35.5. The summed E-state index contributed by atoms with van der Waals surface area (Å²) in [5.41, 5.74) is 1.87. The summed E-state index contributed by atoms with van der Waals surface area (Å²) in [5, 5.41) is 0.310. The lowest BCUT2D eigenvalue weighted by Gasteiger charge is -2.18. The Kier molecular flexibility index (Phi) is 5.08. The van der Waals surface area contributed by atoms with E-state index in [-0.39, 0.29) is 28.2 Å². The van der Waals surface area contributed by atoms with Gasteiger partial charge in [-0.1, -0.05) is 11.6 Å². The van der Waals surface area contributed by atoms with Gasteiger partial charge in [-0.25, -0.2) is 8.42 Å². The summed E-state index contributed by atoms with van der Waals surface area (Å²) in [6.45, 7) is 0.587.